The van der Waals surface area contributed by atoms with Crippen molar-refractivity contribution in [2.75, 3.05) is 6.54 Å². The van der Waals surface area contributed by atoms with Crippen LogP contribution >= 0.6 is 0 Å². The second-order valence-electron chi connectivity index (χ2n) is 2.05. The van der Waals surface area contributed by atoms with Crippen molar-refractivity contribution in [3.8, 4) is 0 Å². The van der Waals surface area contributed by atoms with Crippen molar-refractivity contribution in [2.45, 2.75) is 18.9 Å². The van der Waals surface area contributed by atoms with Crippen LogP contribution in [0.15, 0.2) is 0 Å². The molecule has 1 atom stereocenters. The Morgan fingerprint density at radius 3 is 2.75 bits per heavy atom. The fourth-order valence-corrected chi connectivity index (χ4v) is 0.927. The van der Waals surface area contributed by atoms with E-state index in [1.54, 1.807) is 0 Å². The van der Waals surface area contributed by atoms with Crippen molar-refractivity contribution in [2.24, 2.45) is 5.73 Å². The largest absolute Gasteiger partial charge is 0.368 e. The van der Waals surface area contributed by atoms with E-state index in [4.69, 9.17) is 5.73 Å². The molecule has 0 unspecified atom stereocenters. The van der Waals surface area contributed by atoms with Gasteiger partial charge in [-0.25, -0.2) is 0 Å². The van der Waals surface area contributed by atoms with Crippen LogP contribution < -0.4 is 11.1 Å². The van der Waals surface area contributed by atoms with Gasteiger partial charge in [0.05, 0.1) is 6.04 Å². The van der Waals surface area contributed by atoms with Gasteiger partial charge in [0, 0.05) is 0 Å². The number of hydrogen-bond acceptors (Lipinski definition) is 2. The summed E-state index contributed by atoms with van der Waals surface area (Å²) in [5.74, 6) is -0.220. The van der Waals surface area contributed by atoms with Gasteiger partial charge in [-0.15, -0.1) is 0 Å². The van der Waals surface area contributed by atoms with Gasteiger partial charge in [-0.2, -0.15) is 0 Å². The molecule has 0 aliphatic carbocycles. The number of nitrogens with two attached hydrogens (primary N) is 1. The Kier molecular flexibility index (Phi) is 1.48. The third-order valence-corrected chi connectivity index (χ3v) is 1.40. The summed E-state index contributed by atoms with van der Waals surface area (Å²) in [4.78, 5) is 10.4. The van der Waals surface area contributed by atoms with Gasteiger partial charge in [-0.3, -0.25) is 4.79 Å². The maximum atomic E-state index is 10.4. The van der Waals surface area contributed by atoms with Gasteiger partial charge in [0.1, 0.15) is 0 Å². The SMILES string of the molecule is NC(=[17O])[C@@H]1CCCN1. The average Bonchev–Trinajstić information content (AvgIpc) is 2.12. The van der Waals surface area contributed by atoms with Gasteiger partial charge < -0.3 is 11.1 Å². The standard InChI is InChI=1S/C5H10N2O/c6-5(8)4-2-1-3-7-4/h4,7H,1-3H2,(H2,6,8)/t4-/m0/s1/i8+1. The maximum absolute atomic E-state index is 10.4. The van der Waals surface area contributed by atoms with Crippen molar-refractivity contribution in [1.82, 2.24) is 5.32 Å². The van der Waals surface area contributed by atoms with Gasteiger partial charge in [-0.05, 0) is 19.4 Å². The lowest BCUT2D eigenvalue weighted by Crippen LogP contribution is -2.36. The highest BCUT2D eigenvalue weighted by molar-refractivity contribution is 5.80. The summed E-state index contributed by atoms with van der Waals surface area (Å²) in [5, 5.41) is 2.98. The Hall–Kier alpha value is -0.570. The summed E-state index contributed by atoms with van der Waals surface area (Å²) in [6.07, 6.45) is 1.99. The predicted molar refractivity (Wildman–Crippen MR) is 30.2 cm³/mol. The van der Waals surface area contributed by atoms with Crippen LogP contribution in [0.3, 0.4) is 0 Å². The van der Waals surface area contributed by atoms with Crippen molar-refractivity contribution in [3.63, 3.8) is 0 Å². The minimum atomic E-state index is -0.220. The van der Waals surface area contributed by atoms with Crippen LogP contribution in [0.4, 0.5) is 0 Å². The molecule has 1 fully saturated rings. The Bertz CT molecular complexity index is 96.6. The van der Waals surface area contributed by atoms with Gasteiger partial charge >= 0.3 is 0 Å². The van der Waals surface area contributed by atoms with E-state index in [1.807, 2.05) is 0 Å². The molecule has 0 aromatic heterocycles. The van der Waals surface area contributed by atoms with E-state index >= 15 is 0 Å². The first-order valence-corrected chi connectivity index (χ1v) is 2.83. The molecule has 0 aromatic carbocycles. The molecule has 46 valence electrons. The van der Waals surface area contributed by atoms with Crippen LogP contribution in [0.1, 0.15) is 12.8 Å². The summed E-state index contributed by atoms with van der Waals surface area (Å²) in [6.45, 7) is 0.938. The number of carbonyl (C=O) groups is 1. The molecule has 3 N–H and O–H groups in total. The minimum Gasteiger partial charge on any atom is -0.368 e. The Labute approximate surface area is 48.2 Å². The summed E-state index contributed by atoms with van der Waals surface area (Å²) >= 11 is 0. The van der Waals surface area contributed by atoms with Gasteiger partial charge in [0.15, 0.2) is 0 Å². The molecule has 1 amide bonds. The molecule has 3 heteroatoms. The monoisotopic (exact) mass is 115 g/mol. The fourth-order valence-electron chi connectivity index (χ4n) is 0.927. The van der Waals surface area contributed by atoms with Crippen LogP contribution in [-0.4, -0.2) is 18.5 Å². The lowest BCUT2D eigenvalue weighted by Gasteiger charge is -2.01. The number of primary amides is 1. The molecule has 1 aliphatic rings. The van der Waals surface area contributed by atoms with Crippen molar-refractivity contribution in [3.05, 3.63) is 0 Å². The number of rotatable bonds is 1. The first kappa shape index (κ1) is 5.56. The van der Waals surface area contributed by atoms with Crippen LogP contribution in [0.25, 0.3) is 0 Å². The van der Waals surface area contributed by atoms with Crippen molar-refractivity contribution >= 4 is 5.91 Å². The molecule has 0 saturated carbocycles. The first-order valence-electron chi connectivity index (χ1n) is 2.83. The van der Waals surface area contributed by atoms with Gasteiger partial charge in [-0.1, -0.05) is 0 Å². The molecular weight excluding hydrogens is 105 g/mol. The summed E-state index contributed by atoms with van der Waals surface area (Å²) < 4.78 is 0. The number of amides is 1. The molecule has 3 nitrogen and oxygen atoms in total. The van der Waals surface area contributed by atoms with E-state index < -0.39 is 0 Å². The number of nitrogens with one attached hydrogen (secondary N) is 1. The van der Waals surface area contributed by atoms with E-state index in [-0.39, 0.29) is 11.9 Å². The van der Waals surface area contributed by atoms with Crippen LogP contribution in [-0.2, 0) is 4.79 Å². The highest BCUT2D eigenvalue weighted by Crippen LogP contribution is 2.02. The zero-order valence-corrected chi connectivity index (χ0v) is 4.68. The fraction of sp³-hybridized carbons (Fsp3) is 0.800. The second kappa shape index (κ2) is 2.13. The van der Waals surface area contributed by atoms with Gasteiger partial charge in [0.2, 0.25) is 5.91 Å². The highest BCUT2D eigenvalue weighted by Gasteiger charge is 2.18. The van der Waals surface area contributed by atoms with E-state index in [0.717, 1.165) is 19.4 Å². The lowest BCUT2D eigenvalue weighted by atomic mass is 10.2. The van der Waals surface area contributed by atoms with Crippen molar-refractivity contribution in [1.29, 1.82) is 0 Å². The molecular formula is C5H10N2O. The highest BCUT2D eigenvalue weighted by atomic mass is 17.1. The van der Waals surface area contributed by atoms with Crippen LogP contribution in [0.5, 0.6) is 0 Å². The molecule has 1 saturated heterocycles. The molecule has 1 aliphatic heterocycles. The molecule has 1 heterocycles. The van der Waals surface area contributed by atoms with Crippen LogP contribution in [0, 0.1) is 0 Å². The van der Waals surface area contributed by atoms with E-state index in [0.29, 0.717) is 0 Å². The average molecular weight is 115 g/mol. The quantitative estimate of drug-likeness (QED) is 0.471. The molecule has 8 heavy (non-hydrogen) atoms. The molecule has 0 spiro atoms. The summed E-state index contributed by atoms with van der Waals surface area (Å²) in [6, 6.07) is -0.0463. The van der Waals surface area contributed by atoms with E-state index in [2.05, 4.69) is 5.32 Å². The molecule has 0 bridgehead atoms. The lowest BCUT2D eigenvalue weighted by molar-refractivity contribution is -0.119. The second-order valence-corrected chi connectivity index (χ2v) is 2.05. The summed E-state index contributed by atoms with van der Waals surface area (Å²) in [5.41, 5.74) is 5.00. The van der Waals surface area contributed by atoms with E-state index in [9.17, 15) is 4.79 Å². The molecule has 1 rings (SSSR count). The van der Waals surface area contributed by atoms with Gasteiger partial charge in [0.25, 0.3) is 0 Å². The Morgan fingerprint density at radius 2 is 2.50 bits per heavy atom. The number of hydrogen-bond donors (Lipinski definition) is 2. The molecule has 0 radical (unpaired) electrons. The van der Waals surface area contributed by atoms with E-state index in [1.165, 1.54) is 0 Å². The van der Waals surface area contributed by atoms with Crippen LogP contribution in [0.2, 0.25) is 0 Å². The zero-order valence-electron chi connectivity index (χ0n) is 4.68. The van der Waals surface area contributed by atoms with Crippen molar-refractivity contribution < 1.29 is 4.79 Å². The Morgan fingerprint density at radius 1 is 1.75 bits per heavy atom. The Balaban J connectivity index is 2.35. The predicted octanol–water partition coefficient (Wildman–Crippen LogP) is -0.776. The minimum absolute atomic E-state index is 0.0463. The smallest absolute Gasteiger partial charge is 0.234 e. The third-order valence-electron chi connectivity index (χ3n) is 1.40. The topological polar surface area (TPSA) is 55.1 Å². The third kappa shape index (κ3) is 0.980. The first-order chi connectivity index (χ1) is 3.80. The number of carbonyl (C=O) groups excluding carboxylic acids is 1. The normalized spacial score (nSPS) is 28.2. The summed E-state index contributed by atoms with van der Waals surface area (Å²) in [7, 11) is 0. The zero-order chi connectivity index (χ0) is 5.98. The maximum Gasteiger partial charge on any atom is 0.234 e. The molecule has 0 aromatic rings.